The van der Waals surface area contributed by atoms with Crippen molar-refractivity contribution in [2.45, 2.75) is 45.6 Å². The second-order valence-corrected chi connectivity index (χ2v) is 7.90. The maximum absolute atomic E-state index is 3.69. The third-order valence-corrected chi connectivity index (χ3v) is 5.58. The smallest absolute Gasteiger partial charge is 0.0701 e. The molecule has 0 aliphatic heterocycles. The number of halogens is 1. The summed E-state index contributed by atoms with van der Waals surface area (Å²) in [5, 5.41) is 3.69. The zero-order valence-electron chi connectivity index (χ0n) is 10.7. The van der Waals surface area contributed by atoms with Gasteiger partial charge in [0.15, 0.2) is 0 Å². The summed E-state index contributed by atoms with van der Waals surface area (Å²) in [7, 11) is 0. The van der Waals surface area contributed by atoms with Crippen LogP contribution >= 0.6 is 27.3 Å². The van der Waals surface area contributed by atoms with Crippen molar-refractivity contribution in [1.29, 1.82) is 0 Å². The highest BCUT2D eigenvalue weighted by Crippen LogP contribution is 2.30. The molecule has 3 atom stereocenters. The summed E-state index contributed by atoms with van der Waals surface area (Å²) >= 11 is 5.36. The Balaban J connectivity index is 1.77. The molecule has 96 valence electrons. The van der Waals surface area contributed by atoms with Gasteiger partial charge in [-0.2, -0.15) is 0 Å². The molecule has 0 radical (unpaired) electrons. The first-order valence-electron chi connectivity index (χ1n) is 6.63. The van der Waals surface area contributed by atoms with Gasteiger partial charge in [0.1, 0.15) is 0 Å². The van der Waals surface area contributed by atoms with Crippen molar-refractivity contribution in [2.24, 2.45) is 11.8 Å². The molecule has 3 heteroatoms. The Hall–Kier alpha value is 0.140. The van der Waals surface area contributed by atoms with Crippen molar-refractivity contribution in [2.75, 3.05) is 6.54 Å². The van der Waals surface area contributed by atoms with E-state index in [4.69, 9.17) is 0 Å². The molecule has 1 nitrogen and oxygen atoms in total. The lowest BCUT2D eigenvalue weighted by atomic mass is 9.82. The minimum Gasteiger partial charge on any atom is -0.309 e. The topological polar surface area (TPSA) is 12.0 Å². The fraction of sp³-hybridized carbons (Fsp3) is 0.714. The highest BCUT2D eigenvalue weighted by molar-refractivity contribution is 9.11. The van der Waals surface area contributed by atoms with Crippen LogP contribution in [0.1, 0.15) is 50.4 Å². The molecule has 1 aromatic heterocycles. The van der Waals surface area contributed by atoms with E-state index in [0.29, 0.717) is 6.04 Å². The van der Waals surface area contributed by atoms with Crippen LogP contribution in [0.15, 0.2) is 15.9 Å². The van der Waals surface area contributed by atoms with E-state index in [9.17, 15) is 0 Å². The van der Waals surface area contributed by atoms with Crippen molar-refractivity contribution in [3.05, 3.63) is 20.8 Å². The minimum absolute atomic E-state index is 0.489. The molecule has 3 unspecified atom stereocenters. The quantitative estimate of drug-likeness (QED) is 0.825. The van der Waals surface area contributed by atoms with Gasteiger partial charge in [-0.15, -0.1) is 11.3 Å². The second-order valence-electron chi connectivity index (χ2n) is 5.41. The number of hydrogen-bond donors (Lipinski definition) is 1. The highest BCUT2D eigenvalue weighted by atomic mass is 79.9. The predicted molar refractivity (Wildman–Crippen MR) is 79.6 cm³/mol. The summed E-state index contributed by atoms with van der Waals surface area (Å²) in [6.45, 7) is 5.84. The molecule has 0 bridgehead atoms. The Kier molecular flexibility index (Phi) is 5.07. The molecule has 1 aromatic rings. The molecule has 1 aliphatic carbocycles. The Morgan fingerprint density at radius 2 is 2.29 bits per heavy atom. The number of thiophene rings is 1. The molecule has 2 rings (SSSR count). The standard InChI is InChI=1S/C14H22BrNS/c1-10-4-3-5-12(8-10)9-16-11(2)13-6-7-14(15)17-13/h6-7,10-12,16H,3-5,8-9H2,1-2H3. The van der Waals surface area contributed by atoms with E-state index < -0.39 is 0 Å². The Labute approximate surface area is 117 Å². The molecule has 0 aromatic carbocycles. The molecule has 0 spiro atoms. The van der Waals surface area contributed by atoms with Crippen molar-refractivity contribution in [1.82, 2.24) is 5.32 Å². The van der Waals surface area contributed by atoms with Crippen molar-refractivity contribution >= 4 is 27.3 Å². The Morgan fingerprint density at radius 3 is 2.94 bits per heavy atom. The van der Waals surface area contributed by atoms with E-state index in [1.165, 1.54) is 40.9 Å². The first kappa shape index (κ1) is 13.6. The van der Waals surface area contributed by atoms with E-state index in [1.54, 1.807) is 0 Å². The van der Waals surface area contributed by atoms with Crippen molar-refractivity contribution in [3.63, 3.8) is 0 Å². The zero-order valence-corrected chi connectivity index (χ0v) is 13.1. The molecule has 1 fully saturated rings. The summed E-state index contributed by atoms with van der Waals surface area (Å²) in [6.07, 6.45) is 5.68. The maximum atomic E-state index is 3.69. The summed E-state index contributed by atoms with van der Waals surface area (Å²) in [4.78, 5) is 1.43. The normalized spacial score (nSPS) is 27.0. The van der Waals surface area contributed by atoms with Crippen LogP contribution in [-0.4, -0.2) is 6.54 Å². The molecule has 1 N–H and O–H groups in total. The highest BCUT2D eigenvalue weighted by Gasteiger charge is 2.19. The van der Waals surface area contributed by atoms with Crippen molar-refractivity contribution in [3.8, 4) is 0 Å². The maximum Gasteiger partial charge on any atom is 0.0701 e. The Bertz CT molecular complexity index is 350. The molecular weight excluding hydrogens is 294 g/mol. The number of nitrogens with one attached hydrogen (secondary N) is 1. The van der Waals surface area contributed by atoms with Gasteiger partial charge < -0.3 is 5.32 Å². The van der Waals surface area contributed by atoms with Crippen LogP contribution in [-0.2, 0) is 0 Å². The minimum atomic E-state index is 0.489. The van der Waals surface area contributed by atoms with Crippen LogP contribution in [0.25, 0.3) is 0 Å². The van der Waals surface area contributed by atoms with Crippen LogP contribution in [0, 0.1) is 11.8 Å². The Morgan fingerprint density at radius 1 is 1.47 bits per heavy atom. The molecule has 1 saturated carbocycles. The SMILES string of the molecule is CC1CCCC(CNC(C)c2ccc(Br)s2)C1. The lowest BCUT2D eigenvalue weighted by Crippen LogP contribution is -2.28. The lowest BCUT2D eigenvalue weighted by molar-refractivity contribution is 0.269. The summed E-state index contributed by atoms with van der Waals surface area (Å²) in [5.74, 6) is 1.83. The summed E-state index contributed by atoms with van der Waals surface area (Å²) in [5.41, 5.74) is 0. The van der Waals surface area contributed by atoms with Gasteiger partial charge in [0.2, 0.25) is 0 Å². The third kappa shape index (κ3) is 4.08. The van der Waals surface area contributed by atoms with E-state index in [-0.39, 0.29) is 0 Å². The van der Waals surface area contributed by atoms with E-state index in [2.05, 4.69) is 47.2 Å². The lowest BCUT2D eigenvalue weighted by Gasteiger charge is -2.28. The summed E-state index contributed by atoms with van der Waals surface area (Å²) < 4.78 is 1.23. The molecule has 1 heterocycles. The fourth-order valence-corrected chi connectivity index (χ4v) is 4.20. The molecule has 0 amide bonds. The largest absolute Gasteiger partial charge is 0.309 e. The van der Waals surface area contributed by atoms with Gasteiger partial charge in [-0.05, 0) is 66.2 Å². The average Bonchev–Trinajstić information content (AvgIpc) is 2.73. The first-order chi connectivity index (χ1) is 8.15. The summed E-state index contributed by atoms with van der Waals surface area (Å²) in [6, 6.07) is 4.85. The monoisotopic (exact) mass is 315 g/mol. The van der Waals surface area contributed by atoms with Gasteiger partial charge in [-0.1, -0.05) is 19.8 Å². The van der Waals surface area contributed by atoms with Crippen LogP contribution in [0.2, 0.25) is 0 Å². The van der Waals surface area contributed by atoms with Gasteiger partial charge in [0.25, 0.3) is 0 Å². The third-order valence-electron chi connectivity index (χ3n) is 3.78. The molecule has 17 heavy (non-hydrogen) atoms. The molecular formula is C14H22BrNS. The van der Waals surface area contributed by atoms with Crippen LogP contribution in [0.5, 0.6) is 0 Å². The van der Waals surface area contributed by atoms with Gasteiger partial charge in [0, 0.05) is 10.9 Å². The van der Waals surface area contributed by atoms with E-state index in [0.717, 1.165) is 11.8 Å². The fourth-order valence-electron chi connectivity index (χ4n) is 2.75. The average molecular weight is 316 g/mol. The zero-order chi connectivity index (χ0) is 12.3. The van der Waals surface area contributed by atoms with Gasteiger partial charge in [-0.25, -0.2) is 0 Å². The van der Waals surface area contributed by atoms with E-state index >= 15 is 0 Å². The van der Waals surface area contributed by atoms with Crippen LogP contribution < -0.4 is 5.32 Å². The molecule has 1 aliphatic rings. The van der Waals surface area contributed by atoms with Crippen LogP contribution in [0.3, 0.4) is 0 Å². The molecule has 0 saturated heterocycles. The van der Waals surface area contributed by atoms with Crippen LogP contribution in [0.4, 0.5) is 0 Å². The first-order valence-corrected chi connectivity index (χ1v) is 8.24. The predicted octanol–water partition coefficient (Wildman–Crippen LogP) is 4.99. The van der Waals surface area contributed by atoms with Gasteiger partial charge in [-0.3, -0.25) is 0 Å². The van der Waals surface area contributed by atoms with Gasteiger partial charge >= 0.3 is 0 Å². The van der Waals surface area contributed by atoms with E-state index in [1.807, 2.05) is 11.3 Å². The number of rotatable bonds is 4. The second kappa shape index (κ2) is 6.35. The van der Waals surface area contributed by atoms with Gasteiger partial charge in [0.05, 0.1) is 3.79 Å². The van der Waals surface area contributed by atoms with Crippen molar-refractivity contribution < 1.29 is 0 Å². The number of hydrogen-bond acceptors (Lipinski definition) is 2.